The Morgan fingerprint density at radius 1 is 1.20 bits per heavy atom. The topological polar surface area (TPSA) is 91.8 Å². The molecule has 0 bridgehead atoms. The number of nitrogens with zero attached hydrogens (tertiary/aromatic N) is 1. The van der Waals surface area contributed by atoms with Gasteiger partial charge < -0.3 is 9.40 Å². The molecule has 0 aliphatic carbocycles. The molecule has 0 atom stereocenters. The van der Waals surface area contributed by atoms with E-state index in [0.717, 1.165) is 0 Å². The summed E-state index contributed by atoms with van der Waals surface area (Å²) in [5.74, 6) is 0. The highest BCUT2D eigenvalue weighted by Crippen LogP contribution is 2.16. The summed E-state index contributed by atoms with van der Waals surface area (Å²) in [6.07, 6.45) is 1.29. The molecule has 3 rings (SSSR count). The Kier molecular flexibility index (Phi) is 1.37. The minimum Gasteiger partial charge on any atom is -0.443 e. The third kappa shape index (κ3) is 1.08. The van der Waals surface area contributed by atoms with Crippen molar-refractivity contribution in [1.29, 1.82) is 0 Å². The Hall–Kier alpha value is -2.37. The van der Waals surface area contributed by atoms with Crippen molar-refractivity contribution >= 4 is 22.0 Å². The molecule has 0 saturated carbocycles. The first-order chi connectivity index (χ1) is 7.24. The lowest BCUT2D eigenvalue weighted by Gasteiger charge is -1.94. The van der Waals surface area contributed by atoms with Crippen LogP contribution in [0.4, 0.5) is 0 Å². The summed E-state index contributed by atoms with van der Waals surface area (Å²) in [6.45, 7) is 0. The average Bonchev–Trinajstić information content (AvgIpc) is 2.61. The molecule has 6 heteroatoms. The van der Waals surface area contributed by atoms with Crippen LogP contribution < -0.4 is 11.2 Å². The van der Waals surface area contributed by atoms with Crippen molar-refractivity contribution in [2.75, 3.05) is 0 Å². The number of aromatic nitrogens is 3. The van der Waals surface area contributed by atoms with Gasteiger partial charge in [0.1, 0.15) is 5.52 Å². The molecular weight excluding hydrogens is 198 g/mol. The smallest absolute Gasteiger partial charge is 0.326 e. The first-order valence-electron chi connectivity index (χ1n) is 4.23. The second-order valence-electron chi connectivity index (χ2n) is 3.13. The summed E-state index contributed by atoms with van der Waals surface area (Å²) >= 11 is 0. The zero-order chi connectivity index (χ0) is 10.4. The molecule has 3 aromatic rings. The van der Waals surface area contributed by atoms with Gasteiger partial charge in [0.2, 0.25) is 0 Å². The van der Waals surface area contributed by atoms with Crippen molar-refractivity contribution in [3.8, 4) is 0 Å². The van der Waals surface area contributed by atoms with Gasteiger partial charge in [-0.05, 0) is 6.07 Å². The highest BCUT2D eigenvalue weighted by atomic mass is 16.3. The molecule has 74 valence electrons. The average molecular weight is 203 g/mol. The number of fused-ring (bicyclic) bond motifs is 2. The predicted octanol–water partition coefficient (Wildman–Crippen LogP) is 0.358. The fourth-order valence-electron chi connectivity index (χ4n) is 1.52. The van der Waals surface area contributed by atoms with Crippen molar-refractivity contribution in [3.05, 3.63) is 39.4 Å². The SMILES string of the molecule is O=c1[nH]c(=O)c2cc3ncoc3cc2[nH]1. The number of oxazole rings is 1. The van der Waals surface area contributed by atoms with E-state index in [2.05, 4.69) is 15.0 Å². The van der Waals surface area contributed by atoms with E-state index in [1.807, 2.05) is 0 Å². The van der Waals surface area contributed by atoms with Gasteiger partial charge in [-0.2, -0.15) is 0 Å². The third-order valence-electron chi connectivity index (χ3n) is 2.19. The number of hydrogen-bond donors (Lipinski definition) is 2. The van der Waals surface area contributed by atoms with E-state index in [9.17, 15) is 9.59 Å². The molecule has 0 spiro atoms. The Morgan fingerprint density at radius 3 is 2.93 bits per heavy atom. The summed E-state index contributed by atoms with van der Waals surface area (Å²) in [5.41, 5.74) is 0.585. The summed E-state index contributed by atoms with van der Waals surface area (Å²) in [5, 5.41) is 0.385. The van der Waals surface area contributed by atoms with Gasteiger partial charge in [-0.1, -0.05) is 0 Å². The number of nitrogens with one attached hydrogen (secondary N) is 2. The quantitative estimate of drug-likeness (QED) is 0.551. The number of aromatic amines is 2. The molecule has 2 N–H and O–H groups in total. The highest BCUT2D eigenvalue weighted by molar-refractivity contribution is 5.91. The summed E-state index contributed by atoms with van der Waals surface area (Å²) in [4.78, 5) is 31.0. The zero-order valence-electron chi connectivity index (χ0n) is 7.40. The van der Waals surface area contributed by atoms with Crippen molar-refractivity contribution < 1.29 is 4.42 Å². The molecule has 15 heavy (non-hydrogen) atoms. The van der Waals surface area contributed by atoms with Crippen LogP contribution in [0.5, 0.6) is 0 Å². The van der Waals surface area contributed by atoms with Crippen LogP contribution in [0, 0.1) is 0 Å². The fraction of sp³-hybridized carbons (Fsp3) is 0. The Balaban J connectivity index is 2.65. The molecule has 0 aliphatic heterocycles. The number of benzene rings is 1. The molecule has 0 radical (unpaired) electrons. The van der Waals surface area contributed by atoms with Gasteiger partial charge in [0.15, 0.2) is 12.0 Å². The standard InChI is InChI=1S/C9H5N3O3/c13-8-4-1-6-7(15-3-10-6)2-5(4)11-9(14)12-8/h1-3H,(H2,11,12,13,14). The minimum absolute atomic E-state index is 0.385. The molecule has 0 fully saturated rings. The highest BCUT2D eigenvalue weighted by Gasteiger charge is 2.05. The van der Waals surface area contributed by atoms with E-state index in [1.165, 1.54) is 6.39 Å². The monoisotopic (exact) mass is 203 g/mol. The van der Waals surface area contributed by atoms with Crippen LogP contribution in [-0.2, 0) is 0 Å². The van der Waals surface area contributed by atoms with Gasteiger partial charge in [-0.25, -0.2) is 9.78 Å². The molecule has 6 nitrogen and oxygen atoms in total. The van der Waals surface area contributed by atoms with Crippen LogP contribution in [0.2, 0.25) is 0 Å². The molecule has 0 amide bonds. The maximum Gasteiger partial charge on any atom is 0.326 e. The van der Waals surface area contributed by atoms with Gasteiger partial charge in [0.05, 0.1) is 10.9 Å². The molecule has 0 aliphatic rings. The van der Waals surface area contributed by atoms with Crippen molar-refractivity contribution in [3.63, 3.8) is 0 Å². The second kappa shape index (κ2) is 2.57. The first kappa shape index (κ1) is 7.98. The van der Waals surface area contributed by atoms with Gasteiger partial charge >= 0.3 is 5.69 Å². The van der Waals surface area contributed by atoms with Crippen LogP contribution in [0.1, 0.15) is 0 Å². The molecule has 1 aromatic carbocycles. The molecule has 2 aromatic heterocycles. The van der Waals surface area contributed by atoms with Crippen LogP contribution in [-0.4, -0.2) is 15.0 Å². The van der Waals surface area contributed by atoms with E-state index >= 15 is 0 Å². The van der Waals surface area contributed by atoms with E-state index in [0.29, 0.717) is 22.0 Å². The van der Waals surface area contributed by atoms with Crippen LogP contribution in [0.15, 0.2) is 32.5 Å². The van der Waals surface area contributed by atoms with Gasteiger partial charge in [0.25, 0.3) is 5.56 Å². The first-order valence-corrected chi connectivity index (χ1v) is 4.23. The Bertz CT molecular complexity index is 765. The normalized spacial score (nSPS) is 11.2. The van der Waals surface area contributed by atoms with Gasteiger partial charge in [0, 0.05) is 6.07 Å². The van der Waals surface area contributed by atoms with Crippen LogP contribution >= 0.6 is 0 Å². The number of rotatable bonds is 0. The Labute approximate surface area is 81.6 Å². The van der Waals surface area contributed by atoms with E-state index in [-0.39, 0.29) is 0 Å². The Morgan fingerprint density at radius 2 is 2.07 bits per heavy atom. The van der Waals surface area contributed by atoms with Crippen LogP contribution in [0.3, 0.4) is 0 Å². The largest absolute Gasteiger partial charge is 0.443 e. The summed E-state index contributed by atoms with van der Waals surface area (Å²) in [7, 11) is 0. The number of hydrogen-bond acceptors (Lipinski definition) is 4. The fourth-order valence-corrected chi connectivity index (χ4v) is 1.52. The lowest BCUT2D eigenvalue weighted by molar-refractivity contribution is 0.602. The molecule has 0 saturated heterocycles. The maximum absolute atomic E-state index is 11.4. The second-order valence-corrected chi connectivity index (χ2v) is 3.13. The van der Waals surface area contributed by atoms with E-state index < -0.39 is 11.2 Å². The summed E-state index contributed by atoms with van der Waals surface area (Å²) in [6, 6.07) is 3.15. The van der Waals surface area contributed by atoms with Crippen molar-refractivity contribution in [2.45, 2.75) is 0 Å². The molecule has 2 heterocycles. The zero-order valence-corrected chi connectivity index (χ0v) is 7.40. The maximum atomic E-state index is 11.4. The van der Waals surface area contributed by atoms with E-state index in [1.54, 1.807) is 12.1 Å². The lowest BCUT2D eigenvalue weighted by atomic mass is 10.2. The van der Waals surface area contributed by atoms with E-state index in [4.69, 9.17) is 4.42 Å². The minimum atomic E-state index is -0.536. The number of H-pyrrole nitrogens is 2. The van der Waals surface area contributed by atoms with Gasteiger partial charge in [-0.3, -0.25) is 9.78 Å². The lowest BCUT2D eigenvalue weighted by Crippen LogP contribution is -2.21. The predicted molar refractivity (Wildman–Crippen MR) is 52.8 cm³/mol. The summed E-state index contributed by atoms with van der Waals surface area (Å²) < 4.78 is 5.06. The molecule has 0 unspecified atom stereocenters. The van der Waals surface area contributed by atoms with Gasteiger partial charge in [-0.15, -0.1) is 0 Å². The molecular formula is C9H5N3O3. The van der Waals surface area contributed by atoms with Crippen LogP contribution in [0.25, 0.3) is 22.0 Å². The van der Waals surface area contributed by atoms with Crippen molar-refractivity contribution in [1.82, 2.24) is 15.0 Å². The third-order valence-corrected chi connectivity index (χ3v) is 2.19. The van der Waals surface area contributed by atoms with Crippen molar-refractivity contribution in [2.24, 2.45) is 0 Å².